The summed E-state index contributed by atoms with van der Waals surface area (Å²) in [5, 5.41) is 4.77. The minimum absolute atomic E-state index is 0.300. The number of benzene rings is 1. The lowest BCUT2D eigenvalue weighted by molar-refractivity contribution is 0.184. The summed E-state index contributed by atoms with van der Waals surface area (Å²) in [4.78, 5) is 11.5. The Morgan fingerprint density at radius 1 is 1.24 bits per heavy atom. The van der Waals surface area contributed by atoms with Gasteiger partial charge in [-0.2, -0.15) is 4.98 Å². The fraction of sp³-hybridized carbons (Fsp3) is 0.480. The monoisotopic (exact) mass is 451 g/mol. The van der Waals surface area contributed by atoms with Crippen LogP contribution >= 0.6 is 0 Å². The van der Waals surface area contributed by atoms with Gasteiger partial charge in [0.2, 0.25) is 0 Å². The number of ether oxygens (including phenoxy) is 1. The average molecular weight is 452 g/mol. The van der Waals surface area contributed by atoms with Crippen LogP contribution in [-0.4, -0.2) is 48.0 Å². The molecule has 7 nitrogen and oxygen atoms in total. The molecule has 0 bridgehead atoms. The normalized spacial score (nSPS) is 22.2. The van der Waals surface area contributed by atoms with Crippen molar-refractivity contribution in [1.82, 2.24) is 15.1 Å². The zero-order valence-electron chi connectivity index (χ0n) is 19.4. The second-order valence-electron chi connectivity index (χ2n) is 9.10. The van der Waals surface area contributed by atoms with E-state index in [0.717, 1.165) is 61.2 Å². The van der Waals surface area contributed by atoms with E-state index >= 15 is 4.39 Å². The first-order chi connectivity index (χ1) is 16.0. The maximum Gasteiger partial charge on any atom is 0.261 e. The topological polar surface area (TPSA) is 90.3 Å². The Kier molecular flexibility index (Phi) is 5.88. The third-order valence-electron chi connectivity index (χ3n) is 6.89. The van der Waals surface area contributed by atoms with Gasteiger partial charge < -0.3 is 19.9 Å². The van der Waals surface area contributed by atoms with Crippen LogP contribution in [0.5, 0.6) is 0 Å². The van der Waals surface area contributed by atoms with Crippen LogP contribution in [0.4, 0.5) is 10.2 Å². The third-order valence-corrected chi connectivity index (χ3v) is 6.89. The van der Waals surface area contributed by atoms with Crippen molar-refractivity contribution in [3.63, 3.8) is 0 Å². The second kappa shape index (κ2) is 8.83. The number of aryl methyl sites for hydroxylation is 3. The second-order valence-corrected chi connectivity index (χ2v) is 9.10. The van der Waals surface area contributed by atoms with Gasteiger partial charge in [0.1, 0.15) is 17.2 Å². The summed E-state index contributed by atoms with van der Waals surface area (Å²) in [6.45, 7) is 9.37. The van der Waals surface area contributed by atoms with Gasteiger partial charge in [-0.05, 0) is 56.5 Å². The predicted octanol–water partition coefficient (Wildman–Crippen LogP) is 3.96. The Hall–Kier alpha value is -2.84. The van der Waals surface area contributed by atoms with Crippen LogP contribution in [0.25, 0.3) is 22.4 Å². The highest BCUT2D eigenvalue weighted by atomic mass is 19.1. The molecule has 2 N–H and O–H groups in total. The predicted molar refractivity (Wildman–Crippen MR) is 126 cm³/mol. The highest BCUT2D eigenvalue weighted by molar-refractivity contribution is 5.93. The highest BCUT2D eigenvalue weighted by Gasteiger charge is 2.30. The van der Waals surface area contributed by atoms with Gasteiger partial charge in [-0.3, -0.25) is 0 Å². The van der Waals surface area contributed by atoms with Gasteiger partial charge in [0.15, 0.2) is 5.82 Å². The summed E-state index contributed by atoms with van der Waals surface area (Å²) in [5.41, 5.74) is 10.2. The number of fused-ring (bicyclic) bond motifs is 1. The number of rotatable bonds is 5. The van der Waals surface area contributed by atoms with E-state index in [-0.39, 0.29) is 5.82 Å². The summed E-state index contributed by atoms with van der Waals surface area (Å²) in [6, 6.07) is 3.59. The average Bonchev–Trinajstić information content (AvgIpc) is 3.55. The largest absolute Gasteiger partial charge is 0.380 e. The minimum Gasteiger partial charge on any atom is -0.380 e. The molecule has 2 atom stereocenters. The van der Waals surface area contributed by atoms with Crippen LogP contribution in [-0.2, 0) is 11.2 Å². The Morgan fingerprint density at radius 3 is 2.82 bits per heavy atom. The maximum atomic E-state index is 15.1. The quantitative estimate of drug-likeness (QED) is 0.587. The van der Waals surface area contributed by atoms with E-state index in [4.69, 9.17) is 20.0 Å². The van der Waals surface area contributed by atoms with Crippen LogP contribution < -0.4 is 10.6 Å². The lowest BCUT2D eigenvalue weighted by atomic mass is 9.93. The number of nitrogens with zero attached hydrogens (tertiary/aromatic N) is 4. The van der Waals surface area contributed by atoms with Crippen molar-refractivity contribution in [3.05, 3.63) is 46.6 Å². The fourth-order valence-corrected chi connectivity index (χ4v) is 4.95. The molecule has 1 aromatic carbocycles. The number of hydrogen-bond acceptors (Lipinski definition) is 7. The van der Waals surface area contributed by atoms with Gasteiger partial charge in [0.25, 0.3) is 5.89 Å². The van der Waals surface area contributed by atoms with E-state index in [2.05, 4.69) is 21.1 Å². The molecular formula is C25H30FN5O2. The van der Waals surface area contributed by atoms with Crippen LogP contribution in [0.15, 0.2) is 28.3 Å². The number of nitrogens with two attached hydrogens (primary N) is 1. The third kappa shape index (κ3) is 4.02. The van der Waals surface area contributed by atoms with Gasteiger partial charge in [-0.15, -0.1) is 0 Å². The molecule has 0 saturated carbocycles. The zero-order valence-corrected chi connectivity index (χ0v) is 19.4. The first-order valence-corrected chi connectivity index (χ1v) is 11.6. The van der Waals surface area contributed by atoms with Crippen LogP contribution in [0.1, 0.15) is 30.3 Å². The van der Waals surface area contributed by atoms with Crippen LogP contribution in [0, 0.1) is 31.5 Å². The van der Waals surface area contributed by atoms with Crippen molar-refractivity contribution in [3.8, 4) is 11.5 Å². The molecule has 8 heteroatoms. The summed E-state index contributed by atoms with van der Waals surface area (Å²) in [6.07, 6.45) is 3.99. The lowest BCUT2D eigenvalue weighted by Gasteiger charge is -2.22. The molecule has 33 heavy (non-hydrogen) atoms. The lowest BCUT2D eigenvalue weighted by Crippen LogP contribution is -2.22. The molecule has 2 fully saturated rings. The van der Waals surface area contributed by atoms with E-state index in [1.54, 1.807) is 13.0 Å². The molecule has 174 valence electrons. The summed E-state index contributed by atoms with van der Waals surface area (Å²) < 4.78 is 26.3. The molecule has 5 rings (SSSR count). The molecule has 2 aromatic heterocycles. The maximum absolute atomic E-state index is 15.1. The van der Waals surface area contributed by atoms with Crippen molar-refractivity contribution in [2.75, 3.05) is 37.7 Å². The smallest absolute Gasteiger partial charge is 0.261 e. The van der Waals surface area contributed by atoms with Crippen molar-refractivity contribution in [2.24, 2.45) is 17.6 Å². The molecule has 3 aromatic rings. The van der Waals surface area contributed by atoms with Crippen LogP contribution in [0.2, 0.25) is 0 Å². The van der Waals surface area contributed by atoms with Gasteiger partial charge in [-0.25, -0.2) is 9.37 Å². The van der Waals surface area contributed by atoms with Gasteiger partial charge in [0.05, 0.1) is 18.8 Å². The first kappa shape index (κ1) is 22.0. The number of anilines is 1. The van der Waals surface area contributed by atoms with E-state index in [1.165, 1.54) is 5.57 Å². The van der Waals surface area contributed by atoms with E-state index < -0.39 is 0 Å². The molecular weight excluding hydrogens is 421 g/mol. The Labute approximate surface area is 192 Å². The van der Waals surface area contributed by atoms with Crippen molar-refractivity contribution >= 4 is 16.7 Å². The number of halogens is 1. The fourth-order valence-electron chi connectivity index (χ4n) is 4.95. The Balaban J connectivity index is 1.59. The summed E-state index contributed by atoms with van der Waals surface area (Å²) in [7, 11) is 0. The molecule has 4 heterocycles. The van der Waals surface area contributed by atoms with E-state index in [0.29, 0.717) is 41.4 Å². The Morgan fingerprint density at radius 2 is 2.09 bits per heavy atom. The molecule has 1 unspecified atom stereocenters. The Bertz CT molecular complexity index is 1220. The molecule has 0 spiro atoms. The SMILES string of the molecule is CCc1cc(F)c2nc(N3CC/C(=C/C4COC[C@@H]4CN)C3)c(-c3nc(C)no3)c(C)c2c1. The van der Waals surface area contributed by atoms with Crippen molar-refractivity contribution in [2.45, 2.75) is 33.6 Å². The van der Waals surface area contributed by atoms with E-state index in [9.17, 15) is 0 Å². The summed E-state index contributed by atoms with van der Waals surface area (Å²) in [5.74, 6) is 2.08. The number of hydrogen-bond donors (Lipinski definition) is 1. The highest BCUT2D eigenvalue weighted by Crippen LogP contribution is 2.39. The molecule has 2 saturated heterocycles. The van der Waals surface area contributed by atoms with Crippen molar-refractivity contribution < 1.29 is 13.7 Å². The van der Waals surface area contributed by atoms with Crippen molar-refractivity contribution in [1.29, 1.82) is 0 Å². The van der Waals surface area contributed by atoms with Crippen LogP contribution in [0.3, 0.4) is 0 Å². The van der Waals surface area contributed by atoms with Gasteiger partial charge in [-0.1, -0.05) is 23.7 Å². The first-order valence-electron chi connectivity index (χ1n) is 11.6. The number of aromatic nitrogens is 3. The molecule has 2 aliphatic rings. The van der Waals surface area contributed by atoms with Gasteiger partial charge >= 0.3 is 0 Å². The minimum atomic E-state index is -0.300. The molecule has 0 radical (unpaired) electrons. The number of pyridine rings is 1. The van der Waals surface area contributed by atoms with E-state index in [1.807, 2.05) is 19.9 Å². The summed E-state index contributed by atoms with van der Waals surface area (Å²) >= 11 is 0. The van der Waals surface area contributed by atoms with Gasteiger partial charge in [0, 0.05) is 30.3 Å². The molecule has 2 aliphatic heterocycles. The molecule has 0 amide bonds. The zero-order chi connectivity index (χ0) is 23.1. The molecule has 0 aliphatic carbocycles. The standard InChI is InChI=1S/C25H30FN5O2/c1-4-16-8-20-14(2)22(25-28-15(3)30-33-25)24(29-23(20)21(26)9-16)31-6-5-17(11-31)7-18-12-32-13-19(18)10-27/h7-9,18-19H,4-6,10-13,27H2,1-3H3/b17-7-/t18?,19-/m0/s1.